The van der Waals surface area contributed by atoms with Gasteiger partial charge in [-0.2, -0.15) is 0 Å². The molecule has 1 rings (SSSR count). The first-order valence-corrected chi connectivity index (χ1v) is 5.83. The van der Waals surface area contributed by atoms with Crippen LogP contribution < -0.4 is 10.6 Å². The van der Waals surface area contributed by atoms with Crippen molar-refractivity contribution in [2.75, 3.05) is 39.1 Å². The Kier molecular flexibility index (Phi) is 5.18. The van der Waals surface area contributed by atoms with E-state index < -0.39 is 0 Å². The van der Waals surface area contributed by atoms with Gasteiger partial charge in [0.05, 0.1) is 5.02 Å². The van der Waals surface area contributed by atoms with Gasteiger partial charge < -0.3 is 20.7 Å². The summed E-state index contributed by atoms with van der Waals surface area (Å²) in [7, 11) is 5.89. The SMILES string of the molecule is CN(C)CCN(C)c1nccc(/C(N)=N/O)c1Cl. The van der Waals surface area contributed by atoms with Gasteiger partial charge in [-0.25, -0.2) is 4.98 Å². The minimum absolute atomic E-state index is 0.0235. The molecule has 1 aromatic heterocycles. The molecule has 0 bridgehead atoms. The molecule has 7 heteroatoms. The van der Waals surface area contributed by atoms with Crippen molar-refractivity contribution >= 4 is 23.3 Å². The topological polar surface area (TPSA) is 78.0 Å². The second-order valence-electron chi connectivity index (χ2n) is 4.21. The van der Waals surface area contributed by atoms with Crippen LogP contribution in [0.1, 0.15) is 5.56 Å². The van der Waals surface area contributed by atoms with Crippen molar-refractivity contribution in [3.8, 4) is 0 Å². The van der Waals surface area contributed by atoms with Crippen LogP contribution in [0.5, 0.6) is 0 Å². The first-order valence-electron chi connectivity index (χ1n) is 5.45. The van der Waals surface area contributed by atoms with E-state index in [0.717, 1.165) is 13.1 Å². The third kappa shape index (κ3) is 3.48. The van der Waals surface area contributed by atoms with Gasteiger partial charge in [-0.05, 0) is 20.2 Å². The molecule has 0 aliphatic heterocycles. The average molecular weight is 272 g/mol. The zero-order valence-electron chi connectivity index (χ0n) is 10.8. The quantitative estimate of drug-likeness (QED) is 0.359. The fourth-order valence-electron chi connectivity index (χ4n) is 1.41. The molecule has 0 aliphatic rings. The van der Waals surface area contributed by atoms with Gasteiger partial charge in [-0.15, -0.1) is 0 Å². The fraction of sp³-hybridized carbons (Fsp3) is 0.455. The monoisotopic (exact) mass is 271 g/mol. The molecule has 0 atom stereocenters. The van der Waals surface area contributed by atoms with Crippen molar-refractivity contribution < 1.29 is 5.21 Å². The molecular weight excluding hydrogens is 254 g/mol. The molecule has 0 unspecified atom stereocenters. The van der Waals surface area contributed by atoms with E-state index >= 15 is 0 Å². The standard InChI is InChI=1S/C11H18ClN5O/c1-16(2)6-7-17(3)11-9(12)8(4-5-14-11)10(13)15-18/h4-5,18H,6-7H2,1-3H3,(H2,13,15). The lowest BCUT2D eigenvalue weighted by Gasteiger charge is -2.22. The molecule has 0 spiro atoms. The van der Waals surface area contributed by atoms with Gasteiger partial charge in [-0.3, -0.25) is 0 Å². The van der Waals surface area contributed by atoms with E-state index in [4.69, 9.17) is 22.5 Å². The third-order valence-electron chi connectivity index (χ3n) is 2.50. The number of nitrogens with two attached hydrogens (primary N) is 1. The summed E-state index contributed by atoms with van der Waals surface area (Å²) in [4.78, 5) is 8.21. The first-order chi connectivity index (χ1) is 8.47. The third-order valence-corrected chi connectivity index (χ3v) is 2.87. The van der Waals surface area contributed by atoms with E-state index in [1.807, 2.05) is 26.0 Å². The number of likely N-dealkylation sites (N-methyl/N-ethyl adjacent to an activating group) is 2. The molecule has 0 amide bonds. The Morgan fingerprint density at radius 2 is 2.11 bits per heavy atom. The van der Waals surface area contributed by atoms with E-state index in [9.17, 15) is 0 Å². The molecule has 0 fully saturated rings. The van der Waals surface area contributed by atoms with Crippen LogP contribution in [0.2, 0.25) is 5.02 Å². The smallest absolute Gasteiger partial charge is 0.171 e. The summed E-state index contributed by atoms with van der Waals surface area (Å²) in [6.07, 6.45) is 1.58. The Hall–Kier alpha value is -1.53. The van der Waals surface area contributed by atoms with E-state index in [2.05, 4.69) is 15.0 Å². The molecular formula is C11H18ClN5O. The summed E-state index contributed by atoms with van der Waals surface area (Å²) in [6, 6.07) is 1.61. The summed E-state index contributed by atoms with van der Waals surface area (Å²) in [5.74, 6) is 0.590. The number of aromatic nitrogens is 1. The lowest BCUT2D eigenvalue weighted by Crippen LogP contribution is -2.29. The minimum Gasteiger partial charge on any atom is -0.409 e. The second kappa shape index (κ2) is 6.42. The summed E-state index contributed by atoms with van der Waals surface area (Å²) >= 11 is 6.20. The predicted molar refractivity (Wildman–Crippen MR) is 73.6 cm³/mol. The van der Waals surface area contributed by atoms with Crippen molar-refractivity contribution in [2.24, 2.45) is 10.9 Å². The second-order valence-corrected chi connectivity index (χ2v) is 4.58. The number of pyridine rings is 1. The van der Waals surface area contributed by atoms with Gasteiger partial charge in [0.15, 0.2) is 5.84 Å². The minimum atomic E-state index is -0.0235. The number of hydrogen-bond acceptors (Lipinski definition) is 5. The molecule has 0 saturated carbocycles. The number of anilines is 1. The fourth-order valence-corrected chi connectivity index (χ4v) is 1.76. The molecule has 6 nitrogen and oxygen atoms in total. The highest BCUT2D eigenvalue weighted by atomic mass is 35.5. The molecule has 100 valence electrons. The Bertz CT molecular complexity index is 435. The molecule has 1 aromatic rings. The van der Waals surface area contributed by atoms with Gasteiger partial charge in [0, 0.05) is 31.9 Å². The van der Waals surface area contributed by atoms with Crippen LogP contribution in [0.4, 0.5) is 5.82 Å². The van der Waals surface area contributed by atoms with Crippen LogP contribution in [0.15, 0.2) is 17.4 Å². The van der Waals surface area contributed by atoms with E-state index in [-0.39, 0.29) is 5.84 Å². The lowest BCUT2D eigenvalue weighted by molar-refractivity contribution is 0.318. The van der Waals surface area contributed by atoms with Gasteiger partial charge >= 0.3 is 0 Å². The van der Waals surface area contributed by atoms with Crippen molar-refractivity contribution in [1.82, 2.24) is 9.88 Å². The van der Waals surface area contributed by atoms with Gasteiger partial charge in [0.25, 0.3) is 0 Å². The number of oxime groups is 1. The Balaban J connectivity index is 2.96. The van der Waals surface area contributed by atoms with E-state index in [1.165, 1.54) is 0 Å². The molecule has 0 aliphatic carbocycles. The van der Waals surface area contributed by atoms with Crippen molar-refractivity contribution in [3.63, 3.8) is 0 Å². The number of halogens is 1. The maximum absolute atomic E-state index is 8.68. The summed E-state index contributed by atoms with van der Waals surface area (Å²) in [5.41, 5.74) is 6.02. The Morgan fingerprint density at radius 3 is 2.67 bits per heavy atom. The predicted octanol–water partition coefficient (Wildman–Crippen LogP) is 0.827. The van der Waals surface area contributed by atoms with Crippen LogP contribution in [0.3, 0.4) is 0 Å². The number of amidine groups is 1. The van der Waals surface area contributed by atoms with Crippen molar-refractivity contribution in [2.45, 2.75) is 0 Å². The summed E-state index contributed by atoms with van der Waals surface area (Å²) in [6.45, 7) is 1.65. The highest BCUT2D eigenvalue weighted by molar-refractivity contribution is 6.36. The number of rotatable bonds is 5. The zero-order valence-corrected chi connectivity index (χ0v) is 11.5. The van der Waals surface area contributed by atoms with Crippen LogP contribution in [0, 0.1) is 0 Å². The maximum atomic E-state index is 8.68. The normalized spacial score (nSPS) is 11.9. The molecule has 1 heterocycles. The summed E-state index contributed by atoms with van der Waals surface area (Å²) in [5, 5.41) is 12.0. The Morgan fingerprint density at radius 1 is 1.44 bits per heavy atom. The summed E-state index contributed by atoms with van der Waals surface area (Å²) < 4.78 is 0. The Labute approximate surface area is 112 Å². The van der Waals surface area contributed by atoms with Gasteiger partial charge in [-0.1, -0.05) is 16.8 Å². The van der Waals surface area contributed by atoms with Crippen LogP contribution >= 0.6 is 11.6 Å². The first kappa shape index (κ1) is 14.5. The molecule has 0 radical (unpaired) electrons. The van der Waals surface area contributed by atoms with Gasteiger partial charge in [0.1, 0.15) is 5.82 Å². The van der Waals surface area contributed by atoms with Crippen LogP contribution in [-0.2, 0) is 0 Å². The molecule has 3 N–H and O–H groups in total. The highest BCUT2D eigenvalue weighted by Gasteiger charge is 2.14. The highest BCUT2D eigenvalue weighted by Crippen LogP contribution is 2.25. The van der Waals surface area contributed by atoms with Crippen LogP contribution in [-0.4, -0.2) is 55.2 Å². The van der Waals surface area contributed by atoms with E-state index in [0.29, 0.717) is 16.4 Å². The lowest BCUT2D eigenvalue weighted by atomic mass is 10.2. The molecule has 18 heavy (non-hydrogen) atoms. The van der Waals surface area contributed by atoms with Crippen LogP contribution in [0.25, 0.3) is 0 Å². The van der Waals surface area contributed by atoms with Gasteiger partial charge in [0.2, 0.25) is 0 Å². The van der Waals surface area contributed by atoms with E-state index in [1.54, 1.807) is 12.3 Å². The van der Waals surface area contributed by atoms with Crippen molar-refractivity contribution in [1.29, 1.82) is 0 Å². The maximum Gasteiger partial charge on any atom is 0.171 e. The zero-order chi connectivity index (χ0) is 13.7. The molecule has 0 aromatic carbocycles. The molecule has 0 saturated heterocycles. The van der Waals surface area contributed by atoms with Crippen molar-refractivity contribution in [3.05, 3.63) is 22.8 Å². The number of hydrogen-bond donors (Lipinski definition) is 2. The largest absolute Gasteiger partial charge is 0.409 e. The number of nitrogens with zero attached hydrogens (tertiary/aromatic N) is 4. The average Bonchev–Trinajstić information content (AvgIpc) is 2.35.